The maximum atomic E-state index is 13.5. The Morgan fingerprint density at radius 1 is 1.00 bits per heavy atom. The predicted molar refractivity (Wildman–Crippen MR) is 137 cm³/mol. The number of rotatable bonds is 9. The molecule has 8 nitrogen and oxygen atoms in total. The van der Waals surface area contributed by atoms with Crippen molar-refractivity contribution in [3.8, 4) is 5.75 Å². The third-order valence-electron chi connectivity index (χ3n) is 5.78. The number of amides is 2. The zero-order valence-corrected chi connectivity index (χ0v) is 20.9. The molecule has 2 amide bonds. The minimum absolute atomic E-state index is 0. The van der Waals surface area contributed by atoms with Crippen molar-refractivity contribution in [1.82, 2.24) is 20.0 Å². The van der Waals surface area contributed by atoms with E-state index in [0.717, 1.165) is 37.3 Å². The van der Waals surface area contributed by atoms with Crippen LogP contribution in [-0.2, 0) is 17.8 Å². The van der Waals surface area contributed by atoms with E-state index in [0.29, 0.717) is 13.1 Å². The molecule has 0 spiro atoms. The van der Waals surface area contributed by atoms with Gasteiger partial charge in [-0.2, -0.15) is 0 Å². The van der Waals surface area contributed by atoms with Crippen LogP contribution in [0.25, 0.3) is 0 Å². The van der Waals surface area contributed by atoms with Gasteiger partial charge in [0, 0.05) is 59.3 Å². The second kappa shape index (κ2) is 14.7. The monoisotopic (exact) mass is 512 g/mol. The molecule has 1 aliphatic heterocycles. The molecule has 2 aromatic rings. The Morgan fingerprint density at radius 2 is 1.62 bits per heavy atom. The molecule has 0 unspecified atom stereocenters. The minimum atomic E-state index is -1.11. The summed E-state index contributed by atoms with van der Waals surface area (Å²) < 4.78 is 0. The number of piperazine rings is 1. The molecule has 10 heteroatoms. The maximum absolute atomic E-state index is 13.5. The molecule has 1 heterocycles. The quantitative estimate of drug-likeness (QED) is 0.477. The molecule has 3 N–H and O–H groups in total. The molecule has 2 aromatic carbocycles. The van der Waals surface area contributed by atoms with Gasteiger partial charge in [-0.3, -0.25) is 14.6 Å². The summed E-state index contributed by atoms with van der Waals surface area (Å²) in [6, 6.07) is 15.3. The predicted octanol–water partition coefficient (Wildman–Crippen LogP) is 2.69. The summed E-state index contributed by atoms with van der Waals surface area (Å²) in [6.07, 6.45) is -0.864. The molecule has 1 aliphatic rings. The van der Waals surface area contributed by atoms with Crippen molar-refractivity contribution < 1.29 is 19.8 Å². The van der Waals surface area contributed by atoms with Gasteiger partial charge in [0.25, 0.3) is 0 Å². The fourth-order valence-electron chi connectivity index (χ4n) is 3.94. The highest BCUT2D eigenvalue weighted by molar-refractivity contribution is 5.86. The largest absolute Gasteiger partial charge is 0.508 e. The van der Waals surface area contributed by atoms with Crippen LogP contribution in [0.3, 0.4) is 0 Å². The summed E-state index contributed by atoms with van der Waals surface area (Å²) in [5.41, 5.74) is 1.78. The number of nitrogens with zero attached hydrogens (tertiary/aromatic N) is 3. The second-order valence-electron chi connectivity index (χ2n) is 8.13. The number of hydrogen-bond acceptors (Lipinski definition) is 5. The third-order valence-corrected chi connectivity index (χ3v) is 5.78. The van der Waals surface area contributed by atoms with Crippen molar-refractivity contribution in [2.75, 3.05) is 46.3 Å². The van der Waals surface area contributed by atoms with E-state index >= 15 is 0 Å². The minimum Gasteiger partial charge on any atom is -0.508 e. The molecule has 0 saturated carbocycles. The Hall–Kier alpha value is -2.52. The number of benzene rings is 2. The fourth-order valence-corrected chi connectivity index (χ4v) is 3.94. The SMILES string of the molecule is CN(Cc1ccccc1)C(=O)[C@H](Cc1ccc(O)cc1)N(CCN1CCNCC1)C(=O)O.Cl.Cl. The Morgan fingerprint density at radius 3 is 2.21 bits per heavy atom. The van der Waals surface area contributed by atoms with E-state index in [2.05, 4.69) is 10.2 Å². The van der Waals surface area contributed by atoms with E-state index < -0.39 is 12.1 Å². The Labute approximate surface area is 213 Å². The summed E-state index contributed by atoms with van der Waals surface area (Å²) in [4.78, 5) is 30.7. The summed E-state index contributed by atoms with van der Waals surface area (Å²) in [6.45, 7) is 4.71. The van der Waals surface area contributed by atoms with Crippen molar-refractivity contribution in [2.24, 2.45) is 0 Å². The van der Waals surface area contributed by atoms with E-state index in [9.17, 15) is 19.8 Å². The number of carbonyl (C=O) groups is 2. The van der Waals surface area contributed by atoms with E-state index in [1.807, 2.05) is 30.3 Å². The van der Waals surface area contributed by atoms with Crippen molar-refractivity contribution in [1.29, 1.82) is 0 Å². The normalized spacial score (nSPS) is 14.3. The average molecular weight is 513 g/mol. The smallest absolute Gasteiger partial charge is 0.408 e. The summed E-state index contributed by atoms with van der Waals surface area (Å²) in [7, 11) is 1.70. The highest BCUT2D eigenvalue weighted by Crippen LogP contribution is 2.17. The first-order valence-corrected chi connectivity index (χ1v) is 10.9. The van der Waals surface area contributed by atoms with Crippen LogP contribution in [0.15, 0.2) is 54.6 Å². The first-order valence-electron chi connectivity index (χ1n) is 10.9. The van der Waals surface area contributed by atoms with E-state index in [1.54, 1.807) is 36.2 Å². The van der Waals surface area contributed by atoms with Crippen LogP contribution < -0.4 is 5.32 Å². The number of carbonyl (C=O) groups excluding carboxylic acids is 1. The lowest BCUT2D eigenvalue weighted by atomic mass is 10.0. The van der Waals surface area contributed by atoms with E-state index in [4.69, 9.17) is 0 Å². The van der Waals surface area contributed by atoms with Gasteiger partial charge in [-0.05, 0) is 23.3 Å². The van der Waals surface area contributed by atoms with Gasteiger partial charge in [0.1, 0.15) is 11.8 Å². The zero-order valence-electron chi connectivity index (χ0n) is 19.3. The number of carboxylic acid groups (broad SMARTS) is 1. The highest BCUT2D eigenvalue weighted by atomic mass is 35.5. The molecule has 1 saturated heterocycles. The van der Waals surface area contributed by atoms with Crippen LogP contribution in [0.2, 0.25) is 0 Å². The number of hydrogen-bond donors (Lipinski definition) is 3. The van der Waals surface area contributed by atoms with Gasteiger partial charge in [0.05, 0.1) is 0 Å². The Balaban J connectivity index is 0.00000289. The van der Waals surface area contributed by atoms with Crippen LogP contribution in [0, 0.1) is 0 Å². The zero-order chi connectivity index (χ0) is 22.9. The van der Waals surface area contributed by atoms with Gasteiger partial charge in [-0.25, -0.2) is 4.79 Å². The summed E-state index contributed by atoms with van der Waals surface area (Å²) >= 11 is 0. The third kappa shape index (κ3) is 8.68. The highest BCUT2D eigenvalue weighted by Gasteiger charge is 2.32. The van der Waals surface area contributed by atoms with Crippen molar-refractivity contribution >= 4 is 36.8 Å². The molecule has 0 aromatic heterocycles. The van der Waals surface area contributed by atoms with Crippen molar-refractivity contribution in [3.05, 3.63) is 65.7 Å². The Kier molecular flexibility index (Phi) is 12.7. The standard InChI is InChI=1S/C24H32N4O4.2ClH/c1-26(18-20-5-3-2-4-6-20)23(30)22(17-19-7-9-21(29)10-8-19)28(24(31)32)16-15-27-13-11-25-12-14-27;;/h2-10,22,25,29H,11-18H2,1H3,(H,31,32);2*1H/t22-;;/m0../s1. The van der Waals surface area contributed by atoms with Gasteiger partial charge >= 0.3 is 6.09 Å². The lowest BCUT2D eigenvalue weighted by molar-refractivity contribution is -0.135. The maximum Gasteiger partial charge on any atom is 0.408 e. The molecule has 188 valence electrons. The molecule has 3 rings (SSSR count). The fraction of sp³-hybridized carbons (Fsp3) is 0.417. The topological polar surface area (TPSA) is 96.4 Å². The van der Waals surface area contributed by atoms with Crippen LogP contribution in [-0.4, -0.2) is 89.3 Å². The van der Waals surface area contributed by atoms with Crippen LogP contribution in [0.5, 0.6) is 5.75 Å². The van der Waals surface area contributed by atoms with Crippen molar-refractivity contribution in [2.45, 2.75) is 19.0 Å². The second-order valence-corrected chi connectivity index (χ2v) is 8.13. The molecule has 1 atom stereocenters. The van der Waals surface area contributed by atoms with E-state index in [-0.39, 0.29) is 49.4 Å². The molecule has 1 fully saturated rings. The number of nitrogens with one attached hydrogen (secondary N) is 1. The van der Waals surface area contributed by atoms with Crippen LogP contribution in [0.1, 0.15) is 11.1 Å². The number of phenolic OH excluding ortho intramolecular Hbond substituents is 1. The molecule has 34 heavy (non-hydrogen) atoms. The first-order chi connectivity index (χ1) is 15.4. The van der Waals surface area contributed by atoms with Gasteiger partial charge in [-0.15, -0.1) is 24.8 Å². The molecule has 0 bridgehead atoms. The van der Waals surface area contributed by atoms with Gasteiger partial charge in [-0.1, -0.05) is 42.5 Å². The molecule has 0 aliphatic carbocycles. The van der Waals surface area contributed by atoms with Crippen LogP contribution in [0.4, 0.5) is 4.79 Å². The molecular formula is C24H34Cl2N4O4. The molecule has 0 radical (unpaired) electrons. The van der Waals surface area contributed by atoms with E-state index in [1.165, 1.54) is 4.90 Å². The van der Waals surface area contributed by atoms with Gasteiger partial charge in [0.2, 0.25) is 5.91 Å². The lowest BCUT2D eigenvalue weighted by Gasteiger charge is -2.34. The van der Waals surface area contributed by atoms with Crippen molar-refractivity contribution in [3.63, 3.8) is 0 Å². The molecular weight excluding hydrogens is 479 g/mol. The van der Waals surface area contributed by atoms with Gasteiger partial charge in [0.15, 0.2) is 0 Å². The van der Waals surface area contributed by atoms with Crippen LogP contribution >= 0.6 is 24.8 Å². The number of phenols is 1. The van der Waals surface area contributed by atoms with Gasteiger partial charge < -0.3 is 20.4 Å². The number of likely N-dealkylation sites (N-methyl/N-ethyl adjacent to an activating group) is 1. The summed E-state index contributed by atoms with van der Waals surface area (Å²) in [5.74, 6) is -0.115. The first kappa shape index (κ1) is 29.5. The average Bonchev–Trinajstić information content (AvgIpc) is 2.80. The Bertz CT molecular complexity index is 880. The summed E-state index contributed by atoms with van der Waals surface area (Å²) in [5, 5.41) is 22.9. The number of halogens is 2. The number of aromatic hydroxyl groups is 1. The lowest BCUT2D eigenvalue weighted by Crippen LogP contribution is -2.54.